The maximum Gasteiger partial charge on any atom is 0.284 e. The number of nitrogens with two attached hydrogens (primary N) is 1. The van der Waals surface area contributed by atoms with Crippen molar-refractivity contribution in [3.05, 3.63) is 53.9 Å². The van der Waals surface area contributed by atoms with Gasteiger partial charge in [-0.25, -0.2) is 9.37 Å². The second-order valence-electron chi connectivity index (χ2n) is 3.28. The predicted molar refractivity (Wildman–Crippen MR) is 55.1 cm³/mol. The smallest absolute Gasteiger partial charge is 0.284 e. The van der Waals surface area contributed by atoms with E-state index in [2.05, 4.69) is 11.2 Å². The van der Waals surface area contributed by atoms with E-state index < -0.39 is 5.91 Å². The molecule has 0 unspecified atom stereocenters. The first-order valence-electron chi connectivity index (χ1n) is 4.65. The highest BCUT2D eigenvalue weighted by Crippen LogP contribution is 2.09. The van der Waals surface area contributed by atoms with Gasteiger partial charge < -0.3 is 10.3 Å². The Morgan fingerprint density at radius 2 is 2.25 bits per heavy atom. The Hall–Kier alpha value is -2.17. The molecule has 0 saturated carbocycles. The molecule has 0 bridgehead atoms. The largest absolute Gasteiger partial charge is 0.363 e. The standard InChI is InChI=1S/C11H9FN3O/c12-9-4-2-1-3-8(9)7-15-6-5-14-11(15)10(13)16/h1-4,6H,7H2,(H2,13,16). The maximum atomic E-state index is 13.4. The summed E-state index contributed by atoms with van der Waals surface area (Å²) in [4.78, 5) is 14.7. The molecule has 5 heteroatoms. The lowest BCUT2D eigenvalue weighted by Gasteiger charge is -2.06. The van der Waals surface area contributed by atoms with E-state index in [-0.39, 0.29) is 18.2 Å². The van der Waals surface area contributed by atoms with Crippen LogP contribution in [0.1, 0.15) is 16.2 Å². The van der Waals surface area contributed by atoms with E-state index in [1.54, 1.807) is 18.2 Å². The summed E-state index contributed by atoms with van der Waals surface area (Å²) >= 11 is 0. The highest BCUT2D eigenvalue weighted by atomic mass is 19.1. The van der Waals surface area contributed by atoms with Gasteiger partial charge in [-0.15, -0.1) is 0 Å². The summed E-state index contributed by atoms with van der Waals surface area (Å²) in [6.07, 6.45) is 3.97. The lowest BCUT2D eigenvalue weighted by molar-refractivity contribution is 0.0986. The van der Waals surface area contributed by atoms with E-state index in [9.17, 15) is 9.18 Å². The van der Waals surface area contributed by atoms with Crippen LogP contribution < -0.4 is 5.73 Å². The Kier molecular flexibility index (Phi) is 2.68. The van der Waals surface area contributed by atoms with Gasteiger partial charge in [0, 0.05) is 11.8 Å². The van der Waals surface area contributed by atoms with Crippen molar-refractivity contribution in [2.75, 3.05) is 0 Å². The molecule has 0 saturated heterocycles. The molecule has 2 aromatic rings. The molecule has 2 N–H and O–H groups in total. The van der Waals surface area contributed by atoms with Crippen molar-refractivity contribution in [1.29, 1.82) is 0 Å². The molecule has 0 aliphatic rings. The number of primary amides is 1. The van der Waals surface area contributed by atoms with Crippen LogP contribution in [0.4, 0.5) is 4.39 Å². The zero-order valence-corrected chi connectivity index (χ0v) is 8.35. The zero-order chi connectivity index (χ0) is 11.5. The number of halogens is 1. The van der Waals surface area contributed by atoms with Gasteiger partial charge in [-0.1, -0.05) is 18.2 Å². The van der Waals surface area contributed by atoms with Gasteiger partial charge in [0.1, 0.15) is 12.0 Å². The molecule has 2 rings (SSSR count). The number of aromatic nitrogens is 2. The normalized spacial score (nSPS) is 10.3. The summed E-state index contributed by atoms with van der Waals surface area (Å²) < 4.78 is 14.8. The first kappa shape index (κ1) is 10.4. The molecule has 1 amide bonds. The molecule has 1 heterocycles. The number of carbonyl (C=O) groups is 1. The Labute approximate surface area is 91.5 Å². The van der Waals surface area contributed by atoms with Gasteiger partial charge in [-0.05, 0) is 6.07 Å². The average Bonchev–Trinajstić information content (AvgIpc) is 2.69. The third-order valence-corrected chi connectivity index (χ3v) is 2.17. The molecule has 81 valence electrons. The van der Waals surface area contributed by atoms with Crippen molar-refractivity contribution >= 4 is 5.91 Å². The summed E-state index contributed by atoms with van der Waals surface area (Å²) in [5.74, 6) is -0.910. The van der Waals surface area contributed by atoms with E-state index >= 15 is 0 Å². The number of nitrogens with zero attached hydrogens (tertiary/aromatic N) is 2. The first-order valence-corrected chi connectivity index (χ1v) is 4.65. The Morgan fingerprint density at radius 1 is 1.50 bits per heavy atom. The summed E-state index contributed by atoms with van der Waals surface area (Å²) in [5, 5.41) is 0. The summed E-state index contributed by atoms with van der Waals surface area (Å²) in [5.41, 5.74) is 5.58. The fourth-order valence-corrected chi connectivity index (χ4v) is 1.41. The van der Waals surface area contributed by atoms with Crippen LogP contribution in [0.3, 0.4) is 0 Å². The van der Waals surface area contributed by atoms with Gasteiger partial charge in [0.15, 0.2) is 5.82 Å². The zero-order valence-electron chi connectivity index (χ0n) is 8.35. The average molecular weight is 218 g/mol. The van der Waals surface area contributed by atoms with E-state index in [0.29, 0.717) is 5.56 Å². The van der Waals surface area contributed by atoms with Crippen LogP contribution in [-0.2, 0) is 6.54 Å². The van der Waals surface area contributed by atoms with Crippen LogP contribution in [0.5, 0.6) is 0 Å². The fraction of sp³-hybridized carbons (Fsp3) is 0.0909. The number of rotatable bonds is 3. The third kappa shape index (κ3) is 1.93. The van der Waals surface area contributed by atoms with Crippen LogP contribution in [-0.4, -0.2) is 15.5 Å². The topological polar surface area (TPSA) is 60.9 Å². The number of hydrogen-bond donors (Lipinski definition) is 1. The van der Waals surface area contributed by atoms with Crippen molar-refractivity contribution in [2.45, 2.75) is 6.54 Å². The SMILES string of the molecule is NC(=O)c1n[c]cn1Cc1ccccc1F. The van der Waals surface area contributed by atoms with Gasteiger partial charge >= 0.3 is 0 Å². The molecular formula is C11H9FN3O. The van der Waals surface area contributed by atoms with E-state index in [4.69, 9.17) is 5.73 Å². The quantitative estimate of drug-likeness (QED) is 0.834. The monoisotopic (exact) mass is 218 g/mol. The Morgan fingerprint density at radius 3 is 2.94 bits per heavy atom. The van der Waals surface area contributed by atoms with Gasteiger partial charge in [0.25, 0.3) is 5.91 Å². The lowest BCUT2D eigenvalue weighted by Crippen LogP contribution is -2.18. The summed E-state index contributed by atoms with van der Waals surface area (Å²) in [6, 6.07) is 6.33. The number of amides is 1. The Balaban J connectivity index is 2.31. The van der Waals surface area contributed by atoms with Crippen LogP contribution in [0.15, 0.2) is 30.5 Å². The third-order valence-electron chi connectivity index (χ3n) is 2.17. The number of imidazole rings is 1. The second kappa shape index (κ2) is 4.14. The van der Waals surface area contributed by atoms with Gasteiger partial charge in [0.2, 0.25) is 0 Å². The molecule has 0 atom stereocenters. The number of hydrogen-bond acceptors (Lipinski definition) is 2. The molecular weight excluding hydrogens is 209 g/mol. The lowest BCUT2D eigenvalue weighted by atomic mass is 10.2. The summed E-state index contributed by atoms with van der Waals surface area (Å²) in [7, 11) is 0. The number of carbonyl (C=O) groups excluding carboxylic acids is 1. The van der Waals surface area contributed by atoms with E-state index in [1.165, 1.54) is 16.8 Å². The van der Waals surface area contributed by atoms with Gasteiger partial charge in [0.05, 0.1) is 6.54 Å². The predicted octanol–water partition coefficient (Wildman–Crippen LogP) is 0.970. The van der Waals surface area contributed by atoms with Crippen LogP contribution in [0, 0.1) is 12.0 Å². The van der Waals surface area contributed by atoms with Crippen molar-refractivity contribution in [3.8, 4) is 0 Å². The number of benzene rings is 1. The maximum absolute atomic E-state index is 13.4. The second-order valence-corrected chi connectivity index (χ2v) is 3.28. The molecule has 0 fully saturated rings. The van der Waals surface area contributed by atoms with Crippen molar-refractivity contribution < 1.29 is 9.18 Å². The van der Waals surface area contributed by atoms with E-state index in [1.807, 2.05) is 0 Å². The minimum atomic E-state index is -0.655. The van der Waals surface area contributed by atoms with Crippen LogP contribution in [0.2, 0.25) is 0 Å². The molecule has 1 radical (unpaired) electrons. The highest BCUT2D eigenvalue weighted by Gasteiger charge is 2.10. The highest BCUT2D eigenvalue weighted by molar-refractivity contribution is 5.89. The Bertz CT molecular complexity index is 521. The van der Waals surface area contributed by atoms with Crippen LogP contribution in [0.25, 0.3) is 0 Å². The summed E-state index contributed by atoms with van der Waals surface area (Å²) in [6.45, 7) is 0.210. The van der Waals surface area contributed by atoms with Crippen molar-refractivity contribution in [2.24, 2.45) is 5.73 Å². The van der Waals surface area contributed by atoms with Crippen LogP contribution >= 0.6 is 0 Å². The minimum Gasteiger partial charge on any atom is -0.363 e. The van der Waals surface area contributed by atoms with Crippen molar-refractivity contribution in [1.82, 2.24) is 9.55 Å². The molecule has 1 aromatic carbocycles. The molecule has 16 heavy (non-hydrogen) atoms. The minimum absolute atomic E-state index is 0.0725. The van der Waals surface area contributed by atoms with E-state index in [0.717, 1.165) is 0 Å². The first-order chi connectivity index (χ1) is 7.68. The van der Waals surface area contributed by atoms with Gasteiger partial charge in [-0.2, -0.15) is 0 Å². The van der Waals surface area contributed by atoms with Crippen molar-refractivity contribution in [3.63, 3.8) is 0 Å². The fourth-order valence-electron chi connectivity index (χ4n) is 1.41. The molecule has 4 nitrogen and oxygen atoms in total. The van der Waals surface area contributed by atoms with Gasteiger partial charge in [-0.3, -0.25) is 4.79 Å². The molecule has 0 aliphatic heterocycles. The molecule has 0 spiro atoms. The molecule has 0 aliphatic carbocycles. The molecule has 1 aromatic heterocycles.